The summed E-state index contributed by atoms with van der Waals surface area (Å²) in [5, 5.41) is 3.02. The molecular weight excluding hydrogens is 368 g/mol. The third kappa shape index (κ3) is 3.10. The summed E-state index contributed by atoms with van der Waals surface area (Å²) in [6, 6.07) is 7.65. The van der Waals surface area contributed by atoms with Crippen LogP contribution < -0.4 is 5.32 Å². The maximum atomic E-state index is 13.1. The number of carbonyl (C=O) groups is 3. The lowest BCUT2D eigenvalue weighted by Gasteiger charge is -2.43. The van der Waals surface area contributed by atoms with Crippen LogP contribution in [-0.2, 0) is 24.5 Å². The van der Waals surface area contributed by atoms with Crippen LogP contribution >= 0.6 is 0 Å². The number of Topliss-reactive ketones (excluding diaryl/α,β-unsaturated/α-hetero) is 1. The third-order valence-corrected chi connectivity index (χ3v) is 6.54. The monoisotopic (exact) mass is 396 g/mol. The number of ketones is 1. The fourth-order valence-electron chi connectivity index (χ4n) is 5.27. The van der Waals surface area contributed by atoms with Crippen molar-refractivity contribution < 1.29 is 19.1 Å². The molecule has 2 saturated heterocycles. The maximum Gasteiger partial charge on any atom is 0.375 e. The van der Waals surface area contributed by atoms with Crippen molar-refractivity contribution in [2.75, 3.05) is 18.4 Å². The van der Waals surface area contributed by atoms with Gasteiger partial charge in [0, 0.05) is 24.2 Å². The number of hydrogen-bond donors (Lipinski definition) is 1. The van der Waals surface area contributed by atoms with E-state index in [1.165, 1.54) is 0 Å². The molecular formula is C23H28N2O4. The van der Waals surface area contributed by atoms with E-state index in [0.29, 0.717) is 19.4 Å². The highest BCUT2D eigenvalue weighted by Crippen LogP contribution is 2.52. The number of esters is 1. The molecule has 0 unspecified atom stereocenters. The first-order valence-electron chi connectivity index (χ1n) is 10.2. The quantitative estimate of drug-likeness (QED) is 0.483. The van der Waals surface area contributed by atoms with Gasteiger partial charge in [-0.1, -0.05) is 24.3 Å². The molecule has 29 heavy (non-hydrogen) atoms. The zero-order valence-electron chi connectivity index (χ0n) is 17.2. The number of benzene rings is 1. The molecule has 6 nitrogen and oxygen atoms in total. The first-order chi connectivity index (χ1) is 13.7. The number of piperidine rings is 1. The van der Waals surface area contributed by atoms with Crippen molar-refractivity contribution in [2.24, 2.45) is 11.8 Å². The minimum atomic E-state index is -0.800. The van der Waals surface area contributed by atoms with Crippen molar-refractivity contribution >= 4 is 23.3 Å². The van der Waals surface area contributed by atoms with Crippen LogP contribution in [0.15, 0.2) is 36.9 Å². The van der Waals surface area contributed by atoms with E-state index in [1.807, 2.05) is 24.3 Å². The summed E-state index contributed by atoms with van der Waals surface area (Å²) < 4.78 is 5.34. The summed E-state index contributed by atoms with van der Waals surface area (Å²) in [7, 11) is 0. The Balaban J connectivity index is 1.66. The highest BCUT2D eigenvalue weighted by Gasteiger charge is 2.60. The Kier molecular flexibility index (Phi) is 4.65. The minimum Gasteiger partial charge on any atom is -0.454 e. The molecule has 1 aromatic rings. The number of amides is 1. The van der Waals surface area contributed by atoms with Gasteiger partial charge in [-0.3, -0.25) is 14.5 Å². The summed E-state index contributed by atoms with van der Waals surface area (Å²) in [6.45, 7) is 10.5. The molecule has 2 fully saturated rings. The molecule has 1 amide bonds. The van der Waals surface area contributed by atoms with Gasteiger partial charge in [-0.15, -0.1) is 6.58 Å². The van der Waals surface area contributed by atoms with Crippen LogP contribution in [0.1, 0.15) is 39.2 Å². The number of ether oxygens (including phenoxy) is 1. The van der Waals surface area contributed by atoms with Crippen LogP contribution in [0.3, 0.4) is 0 Å². The maximum absolute atomic E-state index is 13.1. The number of hydrogen-bond acceptors (Lipinski definition) is 5. The molecule has 1 N–H and O–H groups in total. The second-order valence-corrected chi connectivity index (χ2v) is 9.34. The number of nitrogens with zero attached hydrogens (tertiary/aromatic N) is 1. The largest absolute Gasteiger partial charge is 0.454 e. The zero-order chi connectivity index (χ0) is 21.0. The van der Waals surface area contributed by atoms with Crippen LogP contribution in [0.5, 0.6) is 0 Å². The van der Waals surface area contributed by atoms with Crippen molar-refractivity contribution in [2.45, 2.75) is 50.7 Å². The number of carbonyl (C=O) groups excluding carboxylic acids is 3. The Hall–Kier alpha value is -2.47. The molecule has 1 spiro atoms. The molecule has 4 atom stereocenters. The molecule has 3 aliphatic heterocycles. The highest BCUT2D eigenvalue weighted by molar-refractivity contribution is 6.34. The van der Waals surface area contributed by atoms with Gasteiger partial charge < -0.3 is 10.1 Å². The summed E-state index contributed by atoms with van der Waals surface area (Å²) in [4.78, 5) is 40.9. The third-order valence-electron chi connectivity index (χ3n) is 6.54. The van der Waals surface area contributed by atoms with E-state index in [2.05, 4.69) is 16.8 Å². The molecule has 6 heteroatoms. The number of nitrogens with one attached hydrogen (secondary N) is 1. The Morgan fingerprint density at radius 3 is 2.72 bits per heavy atom. The van der Waals surface area contributed by atoms with Gasteiger partial charge in [0.2, 0.25) is 11.7 Å². The van der Waals surface area contributed by atoms with Gasteiger partial charge in [0.05, 0.1) is 5.41 Å². The van der Waals surface area contributed by atoms with Gasteiger partial charge in [0.1, 0.15) is 5.60 Å². The molecule has 0 aliphatic carbocycles. The van der Waals surface area contributed by atoms with Crippen molar-refractivity contribution in [3.8, 4) is 0 Å². The highest BCUT2D eigenvalue weighted by atomic mass is 16.6. The summed E-state index contributed by atoms with van der Waals surface area (Å²) in [6.07, 6.45) is 2.91. The van der Waals surface area contributed by atoms with E-state index >= 15 is 0 Å². The van der Waals surface area contributed by atoms with Crippen LogP contribution in [0.25, 0.3) is 0 Å². The van der Waals surface area contributed by atoms with Gasteiger partial charge in [0.15, 0.2) is 0 Å². The average Bonchev–Trinajstić information content (AvgIpc) is 3.18. The molecule has 154 valence electrons. The Bertz CT molecular complexity index is 887. The Morgan fingerprint density at radius 2 is 2.03 bits per heavy atom. The van der Waals surface area contributed by atoms with Gasteiger partial charge in [-0.2, -0.15) is 0 Å². The average molecular weight is 396 g/mol. The van der Waals surface area contributed by atoms with E-state index in [0.717, 1.165) is 17.8 Å². The lowest BCUT2D eigenvalue weighted by Crippen LogP contribution is -2.55. The van der Waals surface area contributed by atoms with Crippen LogP contribution in [-0.4, -0.2) is 47.3 Å². The molecule has 1 aromatic carbocycles. The lowest BCUT2D eigenvalue weighted by molar-refractivity contribution is -0.165. The van der Waals surface area contributed by atoms with Crippen molar-refractivity contribution in [1.29, 1.82) is 0 Å². The number of para-hydroxylation sites is 1. The van der Waals surface area contributed by atoms with E-state index in [-0.39, 0.29) is 17.9 Å². The van der Waals surface area contributed by atoms with Gasteiger partial charge >= 0.3 is 5.97 Å². The smallest absolute Gasteiger partial charge is 0.375 e. The molecule has 3 aliphatic rings. The van der Waals surface area contributed by atoms with Gasteiger partial charge in [-0.05, 0) is 57.7 Å². The standard InChI is InChI=1S/C23H28N2O4/c1-5-14-13-25-11-10-23(16-8-6-7-9-17(16)24-21(23)28)18(25)12-15(14)19(26)20(27)29-22(2,3)4/h5-9,14-15,18H,1,10-13H2,2-4H3,(H,24,28)/t14-,15+,18+,23+/m1/s1. The first kappa shape index (κ1) is 19.8. The summed E-state index contributed by atoms with van der Waals surface area (Å²) >= 11 is 0. The van der Waals surface area contributed by atoms with Crippen molar-refractivity contribution in [3.63, 3.8) is 0 Å². The molecule has 0 radical (unpaired) electrons. The van der Waals surface area contributed by atoms with Crippen LogP contribution in [0, 0.1) is 11.8 Å². The fourth-order valence-corrected chi connectivity index (χ4v) is 5.27. The van der Waals surface area contributed by atoms with Crippen LogP contribution in [0.4, 0.5) is 5.69 Å². The van der Waals surface area contributed by atoms with E-state index < -0.39 is 28.7 Å². The van der Waals surface area contributed by atoms with E-state index in [1.54, 1.807) is 26.8 Å². The van der Waals surface area contributed by atoms with E-state index in [9.17, 15) is 14.4 Å². The molecule has 0 aromatic heterocycles. The SMILES string of the molecule is C=C[C@@H]1CN2CC[C@@]3(C(=O)Nc4ccccc43)[C@@H]2C[C@@H]1C(=O)C(=O)OC(C)(C)C. The predicted octanol–water partition coefficient (Wildman–Crippen LogP) is 2.68. The normalized spacial score (nSPS) is 31.1. The molecule has 0 saturated carbocycles. The minimum absolute atomic E-state index is 0.00767. The zero-order valence-corrected chi connectivity index (χ0v) is 17.2. The van der Waals surface area contributed by atoms with E-state index in [4.69, 9.17) is 4.74 Å². The van der Waals surface area contributed by atoms with Gasteiger partial charge in [0.25, 0.3) is 0 Å². The Labute approximate surface area is 171 Å². The predicted molar refractivity (Wildman–Crippen MR) is 109 cm³/mol. The summed E-state index contributed by atoms with van der Waals surface area (Å²) in [5.74, 6) is -1.99. The second-order valence-electron chi connectivity index (χ2n) is 9.34. The molecule has 3 heterocycles. The second kappa shape index (κ2) is 6.80. The topological polar surface area (TPSA) is 75.7 Å². The fraction of sp³-hybridized carbons (Fsp3) is 0.522. The number of rotatable bonds is 3. The molecule has 0 bridgehead atoms. The number of anilines is 1. The number of fused-ring (bicyclic) bond motifs is 4. The van der Waals surface area contributed by atoms with Crippen molar-refractivity contribution in [1.82, 2.24) is 4.90 Å². The first-order valence-corrected chi connectivity index (χ1v) is 10.2. The van der Waals surface area contributed by atoms with Crippen molar-refractivity contribution in [3.05, 3.63) is 42.5 Å². The van der Waals surface area contributed by atoms with Gasteiger partial charge in [-0.25, -0.2) is 4.79 Å². The summed E-state index contributed by atoms with van der Waals surface area (Å²) in [5.41, 5.74) is 0.448. The Morgan fingerprint density at radius 1 is 1.31 bits per heavy atom. The lowest BCUT2D eigenvalue weighted by atomic mass is 9.68. The molecule has 4 rings (SSSR count). The van der Waals surface area contributed by atoms with Crippen LogP contribution in [0.2, 0.25) is 0 Å².